The molecule has 6 nitrogen and oxygen atoms in total. The fraction of sp³-hybridized carbons (Fsp3) is 0.304. The number of halogens is 1. The van der Waals surface area contributed by atoms with Gasteiger partial charge >= 0.3 is 0 Å². The Kier molecular flexibility index (Phi) is 5.20. The van der Waals surface area contributed by atoms with E-state index in [1.165, 1.54) is 11.8 Å². The molecule has 5 N–H and O–H groups in total. The lowest BCUT2D eigenvalue weighted by Gasteiger charge is -2.29. The summed E-state index contributed by atoms with van der Waals surface area (Å²) in [6.07, 6.45) is 4.55. The van der Waals surface area contributed by atoms with Crippen LogP contribution in [0.4, 0.5) is 15.8 Å². The molecule has 4 rings (SSSR count). The van der Waals surface area contributed by atoms with Gasteiger partial charge in [0.2, 0.25) is 5.43 Å². The molecule has 0 bridgehead atoms. The minimum Gasteiger partial charge on any atom is -0.396 e. The number of carbonyl (C=O) groups excluding carboxylic acids is 1. The van der Waals surface area contributed by atoms with Crippen molar-refractivity contribution in [3.05, 3.63) is 69.3 Å². The summed E-state index contributed by atoms with van der Waals surface area (Å²) in [7, 11) is 0. The summed E-state index contributed by atoms with van der Waals surface area (Å²) < 4.78 is 17.1. The Morgan fingerprint density at radius 1 is 1.30 bits per heavy atom. The fourth-order valence-electron chi connectivity index (χ4n) is 4.28. The van der Waals surface area contributed by atoms with Crippen LogP contribution >= 0.6 is 0 Å². The minimum absolute atomic E-state index is 0.0366. The number of benzene rings is 2. The predicted molar refractivity (Wildman–Crippen MR) is 117 cm³/mol. The fourth-order valence-corrected chi connectivity index (χ4v) is 4.28. The number of nitrogens with zero attached hydrogens (tertiary/aromatic N) is 1. The normalized spacial score (nSPS) is 15.3. The van der Waals surface area contributed by atoms with Gasteiger partial charge in [0.15, 0.2) is 5.82 Å². The van der Waals surface area contributed by atoms with Crippen LogP contribution in [0.25, 0.3) is 10.9 Å². The van der Waals surface area contributed by atoms with Crippen molar-refractivity contribution in [3.8, 4) is 0 Å². The Bertz CT molecular complexity index is 1190. The van der Waals surface area contributed by atoms with E-state index in [4.69, 9.17) is 11.5 Å². The number of amides is 1. The number of aromatic nitrogens is 1. The zero-order valence-electron chi connectivity index (χ0n) is 16.9. The van der Waals surface area contributed by atoms with Gasteiger partial charge in [-0.05, 0) is 38.2 Å². The van der Waals surface area contributed by atoms with Crippen molar-refractivity contribution in [2.24, 2.45) is 5.73 Å². The zero-order valence-corrected chi connectivity index (χ0v) is 16.9. The third kappa shape index (κ3) is 3.30. The molecule has 0 aliphatic carbocycles. The van der Waals surface area contributed by atoms with Crippen molar-refractivity contribution >= 4 is 28.2 Å². The predicted octanol–water partition coefficient (Wildman–Crippen LogP) is 3.37. The Hall–Kier alpha value is -3.35. The van der Waals surface area contributed by atoms with E-state index >= 15 is 4.39 Å². The smallest absolute Gasteiger partial charge is 0.254 e. The summed E-state index contributed by atoms with van der Waals surface area (Å²) in [6, 6.07) is 10.1. The Balaban J connectivity index is 1.75. The van der Waals surface area contributed by atoms with Gasteiger partial charge in [0.05, 0.1) is 22.3 Å². The molecule has 1 aromatic heterocycles. The number of rotatable bonds is 6. The zero-order chi connectivity index (χ0) is 21.4. The Morgan fingerprint density at radius 3 is 2.73 bits per heavy atom. The quantitative estimate of drug-likeness (QED) is 0.430. The van der Waals surface area contributed by atoms with E-state index in [2.05, 4.69) is 17.4 Å². The summed E-state index contributed by atoms with van der Waals surface area (Å²) in [4.78, 5) is 24.6. The van der Waals surface area contributed by atoms with Crippen molar-refractivity contribution in [2.45, 2.75) is 38.6 Å². The molecule has 7 heteroatoms. The third-order valence-corrected chi connectivity index (χ3v) is 5.89. The second-order valence-corrected chi connectivity index (χ2v) is 7.85. The van der Waals surface area contributed by atoms with Crippen molar-refractivity contribution in [3.63, 3.8) is 0 Å². The van der Waals surface area contributed by atoms with Crippen molar-refractivity contribution < 1.29 is 9.18 Å². The van der Waals surface area contributed by atoms with Gasteiger partial charge in [0.1, 0.15) is 5.56 Å². The summed E-state index contributed by atoms with van der Waals surface area (Å²) in [5.41, 5.74) is 13.3. The average Bonchev–Trinajstić information content (AvgIpc) is 2.73. The summed E-state index contributed by atoms with van der Waals surface area (Å²) in [5.74, 6) is -1.48. The van der Waals surface area contributed by atoms with E-state index in [0.717, 1.165) is 24.8 Å². The summed E-state index contributed by atoms with van der Waals surface area (Å²) >= 11 is 0. The van der Waals surface area contributed by atoms with Crippen LogP contribution in [0.1, 0.15) is 47.3 Å². The van der Waals surface area contributed by atoms with Gasteiger partial charge in [0, 0.05) is 24.3 Å². The second-order valence-electron chi connectivity index (χ2n) is 7.85. The highest BCUT2D eigenvalue weighted by molar-refractivity contribution is 6.02. The van der Waals surface area contributed by atoms with E-state index in [0.29, 0.717) is 24.2 Å². The number of nitrogens with two attached hydrogens (primary N) is 2. The average molecular weight is 408 g/mol. The summed E-state index contributed by atoms with van der Waals surface area (Å²) in [5, 5.41) is 3.25. The second kappa shape index (κ2) is 7.82. The van der Waals surface area contributed by atoms with Crippen molar-refractivity contribution in [2.75, 3.05) is 17.6 Å². The van der Waals surface area contributed by atoms with Crippen LogP contribution in [0.2, 0.25) is 0 Å². The van der Waals surface area contributed by atoms with Crippen LogP contribution in [-0.4, -0.2) is 17.0 Å². The molecule has 0 fully saturated rings. The lowest BCUT2D eigenvalue weighted by atomic mass is 9.93. The number of hydrogen-bond donors (Lipinski definition) is 3. The molecule has 1 aliphatic heterocycles. The highest BCUT2D eigenvalue weighted by Crippen LogP contribution is 2.39. The largest absolute Gasteiger partial charge is 0.396 e. The molecular formula is C23H25FN4O2. The van der Waals surface area contributed by atoms with E-state index in [1.54, 1.807) is 0 Å². The first-order valence-corrected chi connectivity index (χ1v) is 10.2. The van der Waals surface area contributed by atoms with Gasteiger partial charge in [-0.25, -0.2) is 4.39 Å². The molecule has 0 saturated carbocycles. The van der Waals surface area contributed by atoms with E-state index in [9.17, 15) is 9.59 Å². The highest BCUT2D eigenvalue weighted by atomic mass is 19.1. The van der Waals surface area contributed by atoms with E-state index < -0.39 is 17.2 Å². The maximum absolute atomic E-state index is 15.2. The maximum atomic E-state index is 15.2. The number of hydrogen-bond acceptors (Lipinski definition) is 4. The molecule has 1 atom stereocenters. The molecule has 30 heavy (non-hydrogen) atoms. The van der Waals surface area contributed by atoms with Gasteiger partial charge in [-0.15, -0.1) is 0 Å². The van der Waals surface area contributed by atoms with Gasteiger partial charge in [-0.1, -0.05) is 30.3 Å². The molecule has 0 unspecified atom stereocenters. The number of carbonyl (C=O) groups is 1. The molecule has 1 aliphatic rings. The summed E-state index contributed by atoms with van der Waals surface area (Å²) in [6.45, 7) is 2.56. The van der Waals surface area contributed by atoms with Crippen LogP contribution in [0.15, 0.2) is 41.3 Å². The maximum Gasteiger partial charge on any atom is 0.254 e. The van der Waals surface area contributed by atoms with Crippen LogP contribution < -0.4 is 22.2 Å². The van der Waals surface area contributed by atoms with Gasteiger partial charge in [-0.3, -0.25) is 9.59 Å². The van der Waals surface area contributed by atoms with Crippen LogP contribution in [-0.2, 0) is 12.8 Å². The number of anilines is 2. The van der Waals surface area contributed by atoms with Gasteiger partial charge < -0.3 is 21.4 Å². The minimum atomic E-state index is -0.840. The SMILES string of the molecule is C[C@H]1CCc2c(NCCCc3ccccc3)c(F)c(N)c3c(=O)c(C(N)=O)cn1c23. The van der Waals surface area contributed by atoms with Crippen molar-refractivity contribution in [1.82, 2.24) is 4.57 Å². The van der Waals surface area contributed by atoms with E-state index in [-0.39, 0.29) is 22.7 Å². The van der Waals surface area contributed by atoms with Gasteiger partial charge in [-0.2, -0.15) is 0 Å². The van der Waals surface area contributed by atoms with Crippen LogP contribution in [0.5, 0.6) is 0 Å². The topological polar surface area (TPSA) is 103 Å². The number of aryl methyl sites for hydroxylation is 2. The number of pyridine rings is 1. The first-order valence-electron chi connectivity index (χ1n) is 10.2. The first-order chi connectivity index (χ1) is 14.4. The molecule has 1 amide bonds. The molecule has 3 aromatic rings. The Labute approximate surface area is 173 Å². The lowest BCUT2D eigenvalue weighted by molar-refractivity contribution is 0.0998. The Morgan fingerprint density at radius 2 is 2.03 bits per heavy atom. The van der Waals surface area contributed by atoms with Crippen LogP contribution in [0, 0.1) is 5.82 Å². The molecule has 0 saturated heterocycles. The standard InChI is InChI=1S/C23H25FN4O2/c1-13-9-10-15-20(27-11-5-8-14-6-3-2-4-7-14)18(24)19(25)17-21(15)28(13)12-16(22(17)29)23(26)30/h2-4,6-7,12-13,27H,5,8-11,25H2,1H3,(H2,26,30)/t13-/m0/s1. The van der Waals surface area contributed by atoms with E-state index in [1.807, 2.05) is 29.7 Å². The number of primary amides is 1. The van der Waals surface area contributed by atoms with Gasteiger partial charge in [0.25, 0.3) is 5.91 Å². The third-order valence-electron chi connectivity index (χ3n) is 5.89. The molecule has 156 valence electrons. The molecular weight excluding hydrogens is 383 g/mol. The molecule has 0 spiro atoms. The van der Waals surface area contributed by atoms with Crippen molar-refractivity contribution in [1.29, 1.82) is 0 Å². The lowest BCUT2D eigenvalue weighted by Crippen LogP contribution is -2.28. The van der Waals surface area contributed by atoms with Crippen LogP contribution in [0.3, 0.4) is 0 Å². The monoisotopic (exact) mass is 408 g/mol. The number of nitrogens with one attached hydrogen (secondary N) is 1. The molecule has 2 aromatic carbocycles. The first kappa shape index (κ1) is 19.9. The molecule has 0 radical (unpaired) electrons. The number of nitrogen functional groups attached to an aromatic ring is 1. The highest BCUT2D eigenvalue weighted by Gasteiger charge is 2.28. The molecule has 2 heterocycles.